The van der Waals surface area contributed by atoms with Crippen LogP contribution in [-0.4, -0.2) is 0 Å². The zero-order valence-corrected chi connectivity index (χ0v) is 11.7. The van der Waals surface area contributed by atoms with E-state index >= 15 is 0 Å². The molecule has 0 amide bonds. The Balaban J connectivity index is 1.75. The molecule has 2 nitrogen and oxygen atoms in total. The fourth-order valence-corrected chi connectivity index (χ4v) is 3.89. The molecule has 0 aromatic heterocycles. The number of allylic oxidation sites excluding steroid dienone is 3. The van der Waals surface area contributed by atoms with Crippen molar-refractivity contribution >= 4 is 16.9 Å². The van der Waals surface area contributed by atoms with Crippen molar-refractivity contribution in [1.82, 2.24) is 0 Å². The summed E-state index contributed by atoms with van der Waals surface area (Å²) in [4.78, 5) is 0. The maximum Gasteiger partial charge on any atom is 0.112 e. The van der Waals surface area contributed by atoms with E-state index in [9.17, 15) is 0 Å². The van der Waals surface area contributed by atoms with E-state index in [1.54, 1.807) is 0 Å². The van der Waals surface area contributed by atoms with Crippen LogP contribution >= 0.6 is 0 Å². The summed E-state index contributed by atoms with van der Waals surface area (Å²) in [6.45, 7) is 0. The van der Waals surface area contributed by atoms with E-state index < -0.39 is 0 Å². The molecule has 1 atom stereocenters. The molecule has 0 fully saturated rings. The molecule has 21 heavy (non-hydrogen) atoms. The molecule has 2 heteroatoms. The third-order valence-electron chi connectivity index (χ3n) is 4.78. The number of para-hydroxylation sites is 2. The molecule has 3 aliphatic rings. The number of benzene rings is 2. The van der Waals surface area contributed by atoms with Crippen LogP contribution in [0.2, 0.25) is 0 Å². The van der Waals surface area contributed by atoms with Crippen molar-refractivity contribution in [2.24, 2.45) is 0 Å². The number of hydrogen-bond acceptors (Lipinski definition) is 2. The second-order valence-electron chi connectivity index (χ2n) is 5.92. The summed E-state index contributed by atoms with van der Waals surface area (Å²) in [6, 6.07) is 17.3. The lowest BCUT2D eigenvalue weighted by Crippen LogP contribution is -2.28. The lowest BCUT2D eigenvalue weighted by atomic mass is 9.73. The van der Waals surface area contributed by atoms with Crippen LogP contribution in [0.25, 0.3) is 5.57 Å². The first-order valence-corrected chi connectivity index (χ1v) is 7.59. The maximum absolute atomic E-state index is 3.60. The van der Waals surface area contributed by atoms with Gasteiger partial charge >= 0.3 is 0 Å². The van der Waals surface area contributed by atoms with Gasteiger partial charge in [0.15, 0.2) is 0 Å². The number of rotatable bonds is 0. The molecule has 0 saturated carbocycles. The third-order valence-corrected chi connectivity index (χ3v) is 4.78. The highest BCUT2D eigenvalue weighted by molar-refractivity contribution is 5.94. The molecule has 2 N–H and O–H groups in total. The van der Waals surface area contributed by atoms with Crippen molar-refractivity contribution in [1.29, 1.82) is 0 Å². The maximum atomic E-state index is 3.60. The van der Waals surface area contributed by atoms with Crippen molar-refractivity contribution in [3.05, 3.63) is 77.1 Å². The molecule has 0 unspecified atom stereocenters. The van der Waals surface area contributed by atoms with Crippen LogP contribution in [0, 0.1) is 0 Å². The van der Waals surface area contributed by atoms with E-state index in [0.29, 0.717) is 5.92 Å². The quantitative estimate of drug-likeness (QED) is 0.725. The van der Waals surface area contributed by atoms with Gasteiger partial charge in [-0.25, -0.2) is 0 Å². The highest BCUT2D eigenvalue weighted by Crippen LogP contribution is 2.51. The monoisotopic (exact) mass is 272 g/mol. The Morgan fingerprint density at radius 2 is 1.62 bits per heavy atom. The van der Waals surface area contributed by atoms with E-state index in [0.717, 1.165) is 6.42 Å². The van der Waals surface area contributed by atoms with E-state index in [4.69, 9.17) is 0 Å². The predicted molar refractivity (Wildman–Crippen MR) is 87.1 cm³/mol. The normalized spacial score (nSPS) is 21.3. The molecule has 2 aromatic rings. The largest absolute Gasteiger partial charge is 0.341 e. The van der Waals surface area contributed by atoms with E-state index in [-0.39, 0.29) is 0 Å². The van der Waals surface area contributed by atoms with Gasteiger partial charge in [-0.15, -0.1) is 0 Å². The lowest BCUT2D eigenvalue weighted by molar-refractivity contribution is 0.700. The molecular formula is C19H16N2. The van der Waals surface area contributed by atoms with Gasteiger partial charge in [0.05, 0.1) is 0 Å². The standard InChI is InChI=1S/C19H16N2/c1-3-10-16-12(6-1)14-8-5-9-15-13-7-2-4-11-17(13)21-19(20-16)18(14)15/h1-4,6-8,10-11,15,20-21H,5,9H2/t15-/m0/s1. The Bertz CT molecular complexity index is 810. The SMILES string of the molecule is C1=C2C3=C(Nc4ccccc42)Nc2ccccc2[C@@H]3CC1. The molecule has 0 spiro atoms. The van der Waals surface area contributed by atoms with Crippen molar-refractivity contribution in [2.75, 3.05) is 10.6 Å². The third kappa shape index (κ3) is 1.47. The Morgan fingerprint density at radius 1 is 0.857 bits per heavy atom. The molecule has 0 saturated heterocycles. The Morgan fingerprint density at radius 3 is 2.57 bits per heavy atom. The van der Waals surface area contributed by atoms with Crippen molar-refractivity contribution in [3.63, 3.8) is 0 Å². The predicted octanol–water partition coefficient (Wildman–Crippen LogP) is 4.71. The number of nitrogens with one attached hydrogen (secondary N) is 2. The summed E-state index contributed by atoms with van der Waals surface area (Å²) in [7, 11) is 0. The van der Waals surface area contributed by atoms with Gasteiger partial charge < -0.3 is 10.6 Å². The topological polar surface area (TPSA) is 24.1 Å². The van der Waals surface area contributed by atoms with Crippen LogP contribution in [0.5, 0.6) is 0 Å². The van der Waals surface area contributed by atoms with E-state index in [1.807, 2.05) is 0 Å². The molecule has 5 rings (SSSR count). The number of fused-ring (bicyclic) bond motifs is 4. The second-order valence-corrected chi connectivity index (χ2v) is 5.92. The summed E-state index contributed by atoms with van der Waals surface area (Å²) < 4.78 is 0. The first kappa shape index (κ1) is 11.2. The van der Waals surface area contributed by atoms with Gasteiger partial charge in [-0.3, -0.25) is 0 Å². The minimum atomic E-state index is 0.512. The van der Waals surface area contributed by atoms with Gasteiger partial charge in [0.2, 0.25) is 0 Å². The molecule has 0 radical (unpaired) electrons. The Hall–Kier alpha value is -2.48. The summed E-state index contributed by atoms with van der Waals surface area (Å²) in [5.74, 6) is 1.68. The fraction of sp³-hybridized carbons (Fsp3) is 0.158. The van der Waals surface area contributed by atoms with Gasteiger partial charge in [-0.2, -0.15) is 0 Å². The van der Waals surface area contributed by atoms with Gasteiger partial charge in [-0.1, -0.05) is 42.5 Å². The Kier molecular flexibility index (Phi) is 2.14. The Labute approximate surface area is 124 Å². The van der Waals surface area contributed by atoms with Crippen molar-refractivity contribution in [3.8, 4) is 0 Å². The minimum absolute atomic E-state index is 0.512. The molecule has 102 valence electrons. The first-order chi connectivity index (χ1) is 10.4. The summed E-state index contributed by atoms with van der Waals surface area (Å²) in [5, 5.41) is 7.19. The number of hydrogen-bond donors (Lipinski definition) is 2. The zero-order valence-electron chi connectivity index (χ0n) is 11.7. The molecule has 2 aliphatic heterocycles. The van der Waals surface area contributed by atoms with Crippen molar-refractivity contribution < 1.29 is 0 Å². The second kappa shape index (κ2) is 4.01. The highest BCUT2D eigenvalue weighted by atomic mass is 15.1. The van der Waals surface area contributed by atoms with Crippen LogP contribution in [-0.2, 0) is 0 Å². The van der Waals surface area contributed by atoms with E-state index in [1.165, 1.54) is 45.9 Å². The summed E-state index contributed by atoms with van der Waals surface area (Å²) in [6.07, 6.45) is 4.76. The average Bonchev–Trinajstić information content (AvgIpc) is 2.55. The van der Waals surface area contributed by atoms with Crippen LogP contribution in [0.4, 0.5) is 11.4 Å². The molecule has 2 heterocycles. The minimum Gasteiger partial charge on any atom is -0.341 e. The summed E-state index contributed by atoms with van der Waals surface area (Å²) >= 11 is 0. The number of anilines is 2. The average molecular weight is 272 g/mol. The highest BCUT2D eigenvalue weighted by Gasteiger charge is 2.35. The van der Waals surface area contributed by atoms with Gasteiger partial charge in [0, 0.05) is 28.4 Å². The smallest absolute Gasteiger partial charge is 0.112 e. The van der Waals surface area contributed by atoms with Crippen molar-refractivity contribution in [2.45, 2.75) is 18.8 Å². The van der Waals surface area contributed by atoms with Gasteiger partial charge in [0.1, 0.15) is 5.82 Å². The lowest BCUT2D eigenvalue weighted by Gasteiger charge is -2.39. The van der Waals surface area contributed by atoms with Crippen LogP contribution in [0.15, 0.2) is 66.0 Å². The van der Waals surface area contributed by atoms with E-state index in [2.05, 4.69) is 65.2 Å². The molecule has 1 aliphatic carbocycles. The first-order valence-electron chi connectivity index (χ1n) is 7.59. The van der Waals surface area contributed by atoms with Gasteiger partial charge in [-0.05, 0) is 36.1 Å². The summed E-state index contributed by atoms with van der Waals surface area (Å²) in [5.41, 5.74) is 8.07. The fourth-order valence-electron chi connectivity index (χ4n) is 3.89. The van der Waals surface area contributed by atoms with Gasteiger partial charge in [0.25, 0.3) is 0 Å². The molecule has 2 aromatic carbocycles. The molecular weight excluding hydrogens is 256 g/mol. The zero-order chi connectivity index (χ0) is 13.8. The molecule has 0 bridgehead atoms. The van der Waals surface area contributed by atoms with Crippen LogP contribution < -0.4 is 10.6 Å². The van der Waals surface area contributed by atoms with Crippen LogP contribution in [0.1, 0.15) is 29.9 Å². The van der Waals surface area contributed by atoms with Crippen LogP contribution in [0.3, 0.4) is 0 Å².